The van der Waals surface area contributed by atoms with Crippen molar-refractivity contribution in [3.63, 3.8) is 0 Å². The molecule has 2 aromatic heterocycles. The van der Waals surface area contributed by atoms with Crippen molar-refractivity contribution in [2.24, 2.45) is 0 Å². The first-order valence-corrected chi connectivity index (χ1v) is 6.95. The largest absolute Gasteiger partial charge is 0.369 e. The zero-order valence-corrected chi connectivity index (χ0v) is 11.2. The SMILES string of the molecule is CCCNc1nccc(NCCc2nccs2)n1. The maximum absolute atomic E-state index is 4.38. The predicted octanol–water partition coefficient (Wildman–Crippen LogP) is 2.41. The normalized spacial score (nSPS) is 10.3. The third-order valence-corrected chi connectivity index (χ3v) is 3.16. The van der Waals surface area contributed by atoms with Gasteiger partial charge >= 0.3 is 0 Å². The molecular weight excluding hydrogens is 246 g/mol. The maximum Gasteiger partial charge on any atom is 0.224 e. The number of aromatic nitrogens is 3. The third-order valence-electron chi connectivity index (χ3n) is 2.32. The second-order valence-electron chi connectivity index (χ2n) is 3.79. The van der Waals surface area contributed by atoms with E-state index in [-0.39, 0.29) is 0 Å². The summed E-state index contributed by atoms with van der Waals surface area (Å²) in [6.07, 6.45) is 5.57. The first-order chi connectivity index (χ1) is 8.88. The number of anilines is 2. The van der Waals surface area contributed by atoms with Crippen molar-refractivity contribution in [3.8, 4) is 0 Å². The molecule has 2 rings (SSSR count). The number of nitrogens with one attached hydrogen (secondary N) is 2. The molecule has 0 radical (unpaired) electrons. The summed E-state index contributed by atoms with van der Waals surface area (Å²) in [6.45, 7) is 3.84. The molecule has 0 aliphatic carbocycles. The van der Waals surface area contributed by atoms with Crippen LogP contribution in [0.4, 0.5) is 11.8 Å². The van der Waals surface area contributed by atoms with Gasteiger partial charge in [0.25, 0.3) is 0 Å². The summed E-state index contributed by atoms with van der Waals surface area (Å²) in [4.78, 5) is 12.8. The van der Waals surface area contributed by atoms with E-state index in [0.717, 1.165) is 36.8 Å². The Labute approximate surface area is 111 Å². The lowest BCUT2D eigenvalue weighted by Gasteiger charge is -2.06. The number of rotatable bonds is 7. The summed E-state index contributed by atoms with van der Waals surface area (Å²) >= 11 is 1.68. The molecule has 0 aliphatic rings. The van der Waals surface area contributed by atoms with Gasteiger partial charge in [0.1, 0.15) is 5.82 Å². The molecule has 18 heavy (non-hydrogen) atoms. The summed E-state index contributed by atoms with van der Waals surface area (Å²) in [5.41, 5.74) is 0. The highest BCUT2D eigenvalue weighted by molar-refractivity contribution is 7.09. The molecule has 0 fully saturated rings. The minimum atomic E-state index is 0.677. The lowest BCUT2D eigenvalue weighted by atomic mass is 10.4. The van der Waals surface area contributed by atoms with Crippen LogP contribution in [0.1, 0.15) is 18.4 Å². The van der Waals surface area contributed by atoms with Crippen molar-refractivity contribution in [2.45, 2.75) is 19.8 Å². The lowest BCUT2D eigenvalue weighted by molar-refractivity contribution is 0.945. The summed E-state index contributed by atoms with van der Waals surface area (Å²) < 4.78 is 0. The van der Waals surface area contributed by atoms with Crippen LogP contribution in [0.25, 0.3) is 0 Å². The average Bonchev–Trinajstić information content (AvgIpc) is 2.90. The van der Waals surface area contributed by atoms with E-state index >= 15 is 0 Å². The molecule has 2 N–H and O–H groups in total. The van der Waals surface area contributed by atoms with Crippen LogP contribution in [0.15, 0.2) is 23.8 Å². The van der Waals surface area contributed by atoms with Gasteiger partial charge in [-0.2, -0.15) is 4.98 Å². The zero-order valence-electron chi connectivity index (χ0n) is 10.4. The minimum Gasteiger partial charge on any atom is -0.369 e. The van der Waals surface area contributed by atoms with Crippen LogP contribution in [0.5, 0.6) is 0 Å². The van der Waals surface area contributed by atoms with Gasteiger partial charge in [-0.25, -0.2) is 9.97 Å². The third kappa shape index (κ3) is 3.96. The van der Waals surface area contributed by atoms with Gasteiger partial charge in [0.15, 0.2) is 0 Å². The Kier molecular flexibility index (Phi) is 4.89. The fraction of sp³-hybridized carbons (Fsp3) is 0.417. The monoisotopic (exact) mass is 263 g/mol. The van der Waals surface area contributed by atoms with Gasteiger partial charge in [-0.05, 0) is 12.5 Å². The number of hydrogen-bond donors (Lipinski definition) is 2. The summed E-state index contributed by atoms with van der Waals surface area (Å²) in [5, 5.41) is 9.57. The van der Waals surface area contributed by atoms with Crippen LogP contribution in [0, 0.1) is 0 Å². The van der Waals surface area contributed by atoms with Crippen molar-refractivity contribution >= 4 is 23.1 Å². The van der Waals surface area contributed by atoms with E-state index in [1.54, 1.807) is 17.5 Å². The highest BCUT2D eigenvalue weighted by atomic mass is 32.1. The molecule has 0 atom stereocenters. The Morgan fingerprint density at radius 1 is 1.17 bits per heavy atom. The van der Waals surface area contributed by atoms with Gasteiger partial charge in [0.2, 0.25) is 5.95 Å². The molecular formula is C12H17N5S. The van der Waals surface area contributed by atoms with Crippen LogP contribution in [-0.4, -0.2) is 28.0 Å². The second-order valence-corrected chi connectivity index (χ2v) is 4.77. The topological polar surface area (TPSA) is 62.7 Å². The van der Waals surface area contributed by atoms with Gasteiger partial charge in [-0.15, -0.1) is 11.3 Å². The van der Waals surface area contributed by atoms with E-state index in [0.29, 0.717) is 5.95 Å². The van der Waals surface area contributed by atoms with E-state index in [1.807, 2.05) is 17.6 Å². The van der Waals surface area contributed by atoms with E-state index in [9.17, 15) is 0 Å². The minimum absolute atomic E-state index is 0.677. The van der Waals surface area contributed by atoms with E-state index in [4.69, 9.17) is 0 Å². The van der Waals surface area contributed by atoms with Crippen molar-refractivity contribution < 1.29 is 0 Å². The van der Waals surface area contributed by atoms with E-state index in [2.05, 4.69) is 32.5 Å². The van der Waals surface area contributed by atoms with Crippen LogP contribution in [0.2, 0.25) is 0 Å². The smallest absolute Gasteiger partial charge is 0.224 e. The van der Waals surface area contributed by atoms with Crippen LogP contribution in [-0.2, 0) is 6.42 Å². The molecule has 0 amide bonds. The first-order valence-electron chi connectivity index (χ1n) is 6.07. The zero-order chi connectivity index (χ0) is 12.6. The summed E-state index contributed by atoms with van der Waals surface area (Å²) in [5.74, 6) is 1.52. The molecule has 0 unspecified atom stereocenters. The second kappa shape index (κ2) is 6.90. The van der Waals surface area contributed by atoms with Gasteiger partial charge in [-0.1, -0.05) is 6.92 Å². The van der Waals surface area contributed by atoms with Crippen LogP contribution < -0.4 is 10.6 Å². The molecule has 0 spiro atoms. The molecule has 0 aliphatic heterocycles. The quantitative estimate of drug-likeness (QED) is 0.803. The molecule has 2 aromatic rings. The maximum atomic E-state index is 4.38. The molecule has 0 bridgehead atoms. The Balaban J connectivity index is 1.81. The van der Waals surface area contributed by atoms with E-state index in [1.165, 1.54) is 0 Å². The molecule has 2 heterocycles. The Bertz CT molecular complexity index is 457. The summed E-state index contributed by atoms with van der Waals surface area (Å²) in [6, 6.07) is 1.87. The number of nitrogens with zero attached hydrogens (tertiary/aromatic N) is 3. The van der Waals surface area contributed by atoms with E-state index < -0.39 is 0 Å². The lowest BCUT2D eigenvalue weighted by Crippen LogP contribution is -2.09. The van der Waals surface area contributed by atoms with Crippen LogP contribution in [0.3, 0.4) is 0 Å². The van der Waals surface area contributed by atoms with Gasteiger partial charge in [0, 0.05) is 37.3 Å². The van der Waals surface area contributed by atoms with Crippen LogP contribution >= 0.6 is 11.3 Å². The Hall–Kier alpha value is -1.69. The molecule has 0 aromatic carbocycles. The molecule has 6 heteroatoms. The fourth-order valence-electron chi connectivity index (χ4n) is 1.45. The Morgan fingerprint density at radius 2 is 2.11 bits per heavy atom. The van der Waals surface area contributed by atoms with Gasteiger partial charge in [0.05, 0.1) is 5.01 Å². The van der Waals surface area contributed by atoms with Crippen molar-refractivity contribution in [1.29, 1.82) is 0 Å². The Morgan fingerprint density at radius 3 is 2.89 bits per heavy atom. The molecule has 0 saturated carbocycles. The van der Waals surface area contributed by atoms with Gasteiger partial charge < -0.3 is 10.6 Å². The standard InChI is InChI=1S/C12H17N5S/c1-2-5-15-12-16-6-3-10(17-12)13-7-4-11-14-8-9-18-11/h3,6,8-9H,2,4-5,7H2,1H3,(H2,13,15,16,17). The highest BCUT2D eigenvalue weighted by Gasteiger charge is 1.99. The highest BCUT2D eigenvalue weighted by Crippen LogP contribution is 2.08. The predicted molar refractivity (Wildman–Crippen MR) is 75.1 cm³/mol. The molecule has 5 nitrogen and oxygen atoms in total. The van der Waals surface area contributed by atoms with Crippen molar-refractivity contribution in [2.75, 3.05) is 23.7 Å². The number of hydrogen-bond acceptors (Lipinski definition) is 6. The molecule has 0 saturated heterocycles. The first kappa shape index (κ1) is 12.8. The summed E-state index contributed by atoms with van der Waals surface area (Å²) in [7, 11) is 0. The average molecular weight is 263 g/mol. The van der Waals surface area contributed by atoms with Gasteiger partial charge in [-0.3, -0.25) is 0 Å². The number of thiazole rings is 1. The fourth-order valence-corrected chi connectivity index (χ4v) is 2.07. The van der Waals surface area contributed by atoms with Crippen molar-refractivity contribution in [1.82, 2.24) is 15.0 Å². The van der Waals surface area contributed by atoms with Crippen molar-refractivity contribution in [3.05, 3.63) is 28.8 Å². The molecule has 96 valence electrons.